The predicted molar refractivity (Wildman–Crippen MR) is 129 cm³/mol. The highest BCUT2D eigenvalue weighted by Crippen LogP contribution is 2.25. The molecule has 0 aromatic rings. The molecule has 0 aliphatic rings. The quantitative estimate of drug-likeness (QED) is 0.0744. The van der Waals surface area contributed by atoms with Crippen molar-refractivity contribution < 1.29 is 33.6 Å². The van der Waals surface area contributed by atoms with E-state index < -0.39 is 7.82 Å². The van der Waals surface area contributed by atoms with Gasteiger partial charge in [0.15, 0.2) is 0 Å². The maximum atomic E-state index is 11.7. The normalized spacial score (nSPS) is 11.0. The van der Waals surface area contributed by atoms with Gasteiger partial charge in [0.05, 0.1) is 0 Å². The lowest BCUT2D eigenvalue weighted by atomic mass is 10.1. The van der Waals surface area contributed by atoms with Gasteiger partial charge in [-0.3, -0.25) is 9.59 Å². The van der Waals surface area contributed by atoms with Crippen LogP contribution in [0.1, 0.15) is 142 Å². The van der Waals surface area contributed by atoms with Gasteiger partial charge in [0.2, 0.25) is 0 Å². The summed E-state index contributed by atoms with van der Waals surface area (Å²) in [7, 11) is -4.64. The zero-order valence-electron chi connectivity index (χ0n) is 20.6. The molecule has 192 valence electrons. The van der Waals surface area contributed by atoms with E-state index in [9.17, 15) is 9.59 Å². The lowest BCUT2D eigenvalue weighted by Gasteiger charge is -2.04. The minimum absolute atomic E-state index is 0.334. The fourth-order valence-electron chi connectivity index (χ4n) is 3.39. The highest BCUT2D eigenvalue weighted by molar-refractivity contribution is 7.45. The van der Waals surface area contributed by atoms with Gasteiger partial charge < -0.3 is 19.4 Å². The number of ether oxygens (including phenoxy) is 1. The van der Waals surface area contributed by atoms with Crippen LogP contribution in [-0.4, -0.2) is 26.6 Å². The first-order valence-corrected chi connectivity index (χ1v) is 14.3. The van der Waals surface area contributed by atoms with Gasteiger partial charge in [-0.1, -0.05) is 117 Å². The second-order valence-electron chi connectivity index (χ2n) is 8.52. The summed E-state index contributed by atoms with van der Waals surface area (Å²) in [4.78, 5) is 44.9. The summed E-state index contributed by atoms with van der Waals surface area (Å²) in [6.07, 6.45) is 22.8. The molecular weight excluding hydrogens is 431 g/mol. The standard InChI is InChI=1S/C24H46O3.H3O4P/c1-3-5-7-9-11-13-15-17-19-21-23(25)27-24(26)22-20-18-16-14-12-10-8-6-4-2;1-5(2,3)4/h3-22H2,1-2H3;(H3,1,2,3,4). The molecule has 7 nitrogen and oxygen atoms in total. The van der Waals surface area contributed by atoms with Gasteiger partial charge in [-0.2, -0.15) is 0 Å². The Hall–Kier alpha value is -0.750. The monoisotopic (exact) mass is 480 g/mol. The van der Waals surface area contributed by atoms with Gasteiger partial charge in [0, 0.05) is 12.8 Å². The number of hydrogen-bond acceptors (Lipinski definition) is 4. The molecule has 0 fully saturated rings. The number of phosphoric acid groups is 1. The van der Waals surface area contributed by atoms with Crippen LogP contribution in [-0.2, 0) is 18.9 Å². The Balaban J connectivity index is 0. The van der Waals surface area contributed by atoms with Crippen molar-refractivity contribution in [3.05, 3.63) is 0 Å². The van der Waals surface area contributed by atoms with Crippen LogP contribution in [0.4, 0.5) is 0 Å². The highest BCUT2D eigenvalue weighted by atomic mass is 31.2. The summed E-state index contributed by atoms with van der Waals surface area (Å²) in [5.74, 6) is -0.669. The Morgan fingerprint density at radius 3 is 1.00 bits per heavy atom. The fourth-order valence-corrected chi connectivity index (χ4v) is 3.39. The smallest absolute Gasteiger partial charge is 0.393 e. The first-order valence-electron chi connectivity index (χ1n) is 12.7. The zero-order valence-corrected chi connectivity index (χ0v) is 21.5. The lowest BCUT2D eigenvalue weighted by Crippen LogP contribution is -2.11. The van der Waals surface area contributed by atoms with E-state index in [-0.39, 0.29) is 11.9 Å². The summed E-state index contributed by atoms with van der Waals surface area (Å²) in [6, 6.07) is 0. The molecule has 0 saturated heterocycles. The molecule has 0 aromatic heterocycles. The van der Waals surface area contributed by atoms with Crippen molar-refractivity contribution in [3.8, 4) is 0 Å². The van der Waals surface area contributed by atoms with Crippen LogP contribution in [0.15, 0.2) is 0 Å². The number of hydrogen-bond donors (Lipinski definition) is 3. The SMILES string of the molecule is CCCCCCCCCCCC(=O)OC(=O)CCCCCCCCCCC.O=P(O)(O)O. The number of rotatable bonds is 20. The van der Waals surface area contributed by atoms with Crippen molar-refractivity contribution in [2.45, 2.75) is 142 Å². The summed E-state index contributed by atoms with van der Waals surface area (Å²) >= 11 is 0. The number of unbranched alkanes of at least 4 members (excludes halogenated alkanes) is 16. The summed E-state index contributed by atoms with van der Waals surface area (Å²) in [6.45, 7) is 4.47. The summed E-state index contributed by atoms with van der Waals surface area (Å²) in [5, 5.41) is 0. The van der Waals surface area contributed by atoms with E-state index in [2.05, 4.69) is 13.8 Å². The summed E-state index contributed by atoms with van der Waals surface area (Å²) in [5.41, 5.74) is 0. The molecule has 0 heterocycles. The van der Waals surface area contributed by atoms with Crippen molar-refractivity contribution in [1.82, 2.24) is 0 Å². The molecule has 8 heteroatoms. The molecular formula is C24H49O7P. The van der Waals surface area contributed by atoms with E-state index in [0.717, 1.165) is 25.7 Å². The topological polar surface area (TPSA) is 121 Å². The van der Waals surface area contributed by atoms with Crippen LogP contribution in [0.2, 0.25) is 0 Å². The Bertz CT molecular complexity index is 437. The van der Waals surface area contributed by atoms with Gasteiger partial charge in [-0.25, -0.2) is 4.57 Å². The Kier molecular flexibility index (Phi) is 26.0. The van der Waals surface area contributed by atoms with Crippen molar-refractivity contribution in [3.63, 3.8) is 0 Å². The van der Waals surface area contributed by atoms with Crippen molar-refractivity contribution in [2.24, 2.45) is 0 Å². The van der Waals surface area contributed by atoms with Gasteiger partial charge >= 0.3 is 19.8 Å². The zero-order chi connectivity index (χ0) is 24.5. The first kappa shape index (κ1) is 33.4. The average Bonchev–Trinajstić information content (AvgIpc) is 2.70. The predicted octanol–water partition coefficient (Wildman–Crippen LogP) is 6.97. The molecule has 0 saturated carbocycles. The van der Waals surface area contributed by atoms with Crippen molar-refractivity contribution >= 4 is 19.8 Å². The third-order valence-corrected chi connectivity index (χ3v) is 5.20. The number of carbonyl (C=O) groups excluding carboxylic acids is 2. The van der Waals surface area contributed by atoms with E-state index in [1.165, 1.54) is 89.9 Å². The first-order chi connectivity index (χ1) is 15.2. The second kappa shape index (κ2) is 24.9. The molecule has 0 bridgehead atoms. The molecule has 0 atom stereocenters. The van der Waals surface area contributed by atoms with Crippen molar-refractivity contribution in [2.75, 3.05) is 0 Å². The van der Waals surface area contributed by atoms with E-state index in [1.54, 1.807) is 0 Å². The van der Waals surface area contributed by atoms with Crippen LogP contribution >= 0.6 is 7.82 Å². The molecule has 3 N–H and O–H groups in total. The van der Waals surface area contributed by atoms with Crippen LogP contribution in [0.25, 0.3) is 0 Å². The van der Waals surface area contributed by atoms with Gasteiger partial charge in [-0.05, 0) is 12.8 Å². The van der Waals surface area contributed by atoms with Crippen LogP contribution < -0.4 is 0 Å². The van der Waals surface area contributed by atoms with Gasteiger partial charge in [0.1, 0.15) is 0 Å². The molecule has 0 amide bonds. The van der Waals surface area contributed by atoms with E-state index >= 15 is 0 Å². The fraction of sp³-hybridized carbons (Fsp3) is 0.917. The third-order valence-electron chi connectivity index (χ3n) is 5.20. The summed E-state index contributed by atoms with van der Waals surface area (Å²) < 4.78 is 13.8. The van der Waals surface area contributed by atoms with E-state index in [4.69, 9.17) is 24.0 Å². The second-order valence-corrected chi connectivity index (χ2v) is 9.54. The van der Waals surface area contributed by atoms with E-state index in [1.807, 2.05) is 0 Å². The average molecular weight is 481 g/mol. The Labute approximate surface area is 196 Å². The lowest BCUT2D eigenvalue weighted by molar-refractivity contribution is -0.159. The minimum Gasteiger partial charge on any atom is -0.393 e. The van der Waals surface area contributed by atoms with E-state index in [0.29, 0.717) is 12.8 Å². The number of esters is 2. The molecule has 0 aromatic carbocycles. The van der Waals surface area contributed by atoms with Crippen LogP contribution in [0, 0.1) is 0 Å². The molecule has 32 heavy (non-hydrogen) atoms. The molecule has 0 unspecified atom stereocenters. The number of carbonyl (C=O) groups is 2. The van der Waals surface area contributed by atoms with Crippen LogP contribution in [0.3, 0.4) is 0 Å². The maximum absolute atomic E-state index is 11.7. The molecule has 0 spiro atoms. The Morgan fingerprint density at radius 1 is 0.531 bits per heavy atom. The largest absolute Gasteiger partial charge is 0.466 e. The highest BCUT2D eigenvalue weighted by Gasteiger charge is 2.09. The van der Waals surface area contributed by atoms with Crippen LogP contribution in [0.5, 0.6) is 0 Å². The molecule has 0 rings (SSSR count). The third kappa shape index (κ3) is 36.6. The molecule has 0 radical (unpaired) electrons. The molecule has 0 aliphatic heterocycles. The maximum Gasteiger partial charge on any atom is 0.466 e. The van der Waals surface area contributed by atoms with Crippen molar-refractivity contribution in [1.29, 1.82) is 0 Å². The van der Waals surface area contributed by atoms with Gasteiger partial charge in [-0.15, -0.1) is 0 Å². The molecule has 0 aliphatic carbocycles. The minimum atomic E-state index is -4.64. The Morgan fingerprint density at radius 2 is 0.750 bits per heavy atom. The van der Waals surface area contributed by atoms with Gasteiger partial charge in [0.25, 0.3) is 0 Å².